The predicted molar refractivity (Wildman–Crippen MR) is 122 cm³/mol. The van der Waals surface area contributed by atoms with Gasteiger partial charge in [0.05, 0.1) is 12.7 Å². The van der Waals surface area contributed by atoms with Crippen molar-refractivity contribution < 1.29 is 26.7 Å². The van der Waals surface area contributed by atoms with Crippen LogP contribution in [0.2, 0.25) is 0 Å². The normalized spacial score (nSPS) is 17.1. The Morgan fingerprint density at radius 2 is 1.88 bits per heavy atom. The number of alkyl halides is 3. The summed E-state index contributed by atoms with van der Waals surface area (Å²) in [5.74, 6) is -1.62. The number of para-hydroxylation sites is 1. The van der Waals surface area contributed by atoms with Crippen molar-refractivity contribution in [1.82, 2.24) is 15.2 Å². The van der Waals surface area contributed by atoms with Crippen molar-refractivity contribution in [2.24, 2.45) is 0 Å². The van der Waals surface area contributed by atoms with E-state index in [0.717, 1.165) is 28.6 Å². The molecule has 2 aromatic carbocycles. The number of nitrogens with zero attached hydrogens (tertiary/aromatic N) is 1. The van der Waals surface area contributed by atoms with E-state index in [0.29, 0.717) is 38.2 Å². The van der Waals surface area contributed by atoms with Crippen LogP contribution in [-0.4, -0.2) is 62.2 Å². The number of rotatable bonds is 11. The molecule has 2 atom stereocenters. The summed E-state index contributed by atoms with van der Waals surface area (Å²) in [7, 11) is 0. The van der Waals surface area contributed by atoms with E-state index in [1.807, 2.05) is 24.3 Å². The highest BCUT2D eigenvalue weighted by molar-refractivity contribution is 5.85. The summed E-state index contributed by atoms with van der Waals surface area (Å²) in [6, 6.07) is 8.84. The topological polar surface area (TPSA) is 40.3 Å². The van der Waals surface area contributed by atoms with Crippen molar-refractivity contribution in [2.75, 3.05) is 46.1 Å². The maximum Gasteiger partial charge on any atom is 0.141 e. The fourth-order valence-electron chi connectivity index (χ4n) is 4.58. The number of ether oxygens (including phenoxy) is 1. The molecule has 1 aromatic heterocycles. The minimum absolute atomic E-state index is 0.0254. The molecule has 0 fully saturated rings. The van der Waals surface area contributed by atoms with Gasteiger partial charge < -0.3 is 15.0 Å². The van der Waals surface area contributed by atoms with Crippen LogP contribution in [0.25, 0.3) is 10.9 Å². The van der Waals surface area contributed by atoms with Gasteiger partial charge in [-0.05, 0) is 31.0 Å². The summed E-state index contributed by atoms with van der Waals surface area (Å²) in [6.07, 6.45) is -0.824. The number of aromatic nitrogens is 1. The third-order valence-electron chi connectivity index (χ3n) is 6.10. The fraction of sp³-hybridized carbons (Fsp3) is 0.440. The highest BCUT2D eigenvalue weighted by atomic mass is 19.2. The smallest absolute Gasteiger partial charge is 0.141 e. The zero-order valence-corrected chi connectivity index (χ0v) is 18.7. The molecule has 0 saturated carbocycles. The number of H-pyrrole nitrogens is 1. The average Bonchev–Trinajstić information content (AvgIpc) is 3.20. The molecule has 184 valence electrons. The van der Waals surface area contributed by atoms with Crippen molar-refractivity contribution in [3.63, 3.8) is 0 Å². The fourth-order valence-corrected chi connectivity index (χ4v) is 4.58. The van der Waals surface area contributed by atoms with Crippen LogP contribution in [0.4, 0.5) is 22.0 Å². The number of halogens is 5. The van der Waals surface area contributed by atoms with Crippen LogP contribution in [0.1, 0.15) is 29.3 Å². The molecule has 9 heteroatoms. The maximum absolute atomic E-state index is 15.3. The van der Waals surface area contributed by atoms with Gasteiger partial charge in [0.1, 0.15) is 36.8 Å². The second-order valence-corrected chi connectivity index (χ2v) is 8.40. The standard InChI is InChI=1S/C25H28F5N3O/c26-7-3-8-31-9-11-34-17-12-20(29)23(21(30)13-17)25-24-19(6-10-33(25)15-16(28)14-27)18-4-1-2-5-22(18)32-24/h1-2,4-5,12-13,16,25,31-32H,3,6-11,14-15H2. The van der Waals surface area contributed by atoms with Crippen LogP contribution in [-0.2, 0) is 6.42 Å². The molecule has 0 amide bonds. The number of benzene rings is 2. The third kappa shape index (κ3) is 5.20. The molecule has 4 nitrogen and oxygen atoms in total. The van der Waals surface area contributed by atoms with E-state index in [9.17, 15) is 13.2 Å². The molecule has 4 rings (SSSR count). The predicted octanol–water partition coefficient (Wildman–Crippen LogP) is 5.03. The minimum atomic E-state index is -1.76. The van der Waals surface area contributed by atoms with Crippen LogP contribution >= 0.6 is 0 Å². The summed E-state index contributed by atoms with van der Waals surface area (Å²) in [6.45, 7) is -0.483. The quantitative estimate of drug-likeness (QED) is 0.298. The Balaban J connectivity index is 1.64. The second-order valence-electron chi connectivity index (χ2n) is 8.40. The van der Waals surface area contributed by atoms with Crippen LogP contribution in [0.15, 0.2) is 36.4 Å². The van der Waals surface area contributed by atoms with Gasteiger partial charge in [-0.25, -0.2) is 17.6 Å². The van der Waals surface area contributed by atoms with Gasteiger partial charge in [0.25, 0.3) is 0 Å². The zero-order chi connectivity index (χ0) is 24.1. The van der Waals surface area contributed by atoms with E-state index in [-0.39, 0.29) is 24.5 Å². The molecule has 2 unspecified atom stereocenters. The zero-order valence-electron chi connectivity index (χ0n) is 18.7. The number of fused-ring (bicyclic) bond motifs is 3. The maximum atomic E-state index is 15.3. The lowest BCUT2D eigenvalue weighted by atomic mass is 9.91. The Hall–Kier alpha value is -2.65. The van der Waals surface area contributed by atoms with Crippen LogP contribution in [0, 0.1) is 11.6 Å². The number of nitrogens with one attached hydrogen (secondary N) is 2. The van der Waals surface area contributed by atoms with Crippen LogP contribution in [0.5, 0.6) is 5.75 Å². The van der Waals surface area contributed by atoms with E-state index < -0.39 is 37.2 Å². The Morgan fingerprint density at radius 3 is 2.62 bits per heavy atom. The summed E-state index contributed by atoms with van der Waals surface area (Å²) < 4.78 is 75.2. The van der Waals surface area contributed by atoms with Crippen molar-refractivity contribution in [3.8, 4) is 5.75 Å². The Bertz CT molecular complexity index is 1080. The Morgan fingerprint density at radius 1 is 1.12 bits per heavy atom. The lowest BCUT2D eigenvalue weighted by Crippen LogP contribution is -2.41. The van der Waals surface area contributed by atoms with E-state index in [2.05, 4.69) is 10.3 Å². The molecule has 0 radical (unpaired) electrons. The summed E-state index contributed by atoms with van der Waals surface area (Å²) in [5.41, 5.74) is 2.10. The lowest BCUT2D eigenvalue weighted by molar-refractivity contribution is 0.130. The van der Waals surface area contributed by atoms with Crippen LogP contribution in [0.3, 0.4) is 0 Å². The highest BCUT2D eigenvalue weighted by Gasteiger charge is 2.36. The molecule has 2 heterocycles. The van der Waals surface area contributed by atoms with Crippen LogP contribution < -0.4 is 10.1 Å². The van der Waals surface area contributed by atoms with Gasteiger partial charge in [0.2, 0.25) is 0 Å². The average molecular weight is 482 g/mol. The number of hydrogen-bond acceptors (Lipinski definition) is 3. The Labute approximate surface area is 195 Å². The molecule has 1 aliphatic heterocycles. The van der Waals surface area contributed by atoms with Gasteiger partial charge in [-0.3, -0.25) is 9.29 Å². The molecule has 1 aliphatic rings. The van der Waals surface area contributed by atoms with Gasteiger partial charge in [0, 0.05) is 53.9 Å². The van der Waals surface area contributed by atoms with E-state index in [1.165, 1.54) is 0 Å². The number of aromatic amines is 1. The lowest BCUT2D eigenvalue weighted by Gasteiger charge is -2.37. The van der Waals surface area contributed by atoms with Gasteiger partial charge in [-0.2, -0.15) is 0 Å². The van der Waals surface area contributed by atoms with E-state index in [1.54, 1.807) is 4.90 Å². The van der Waals surface area contributed by atoms with Gasteiger partial charge in [0.15, 0.2) is 0 Å². The number of hydrogen-bond donors (Lipinski definition) is 2. The summed E-state index contributed by atoms with van der Waals surface area (Å²) in [5, 5.41) is 3.92. The highest BCUT2D eigenvalue weighted by Crippen LogP contribution is 2.41. The molecule has 0 spiro atoms. The molecule has 0 saturated heterocycles. The second kappa shape index (κ2) is 11.2. The van der Waals surface area contributed by atoms with Crippen molar-refractivity contribution in [3.05, 3.63) is 64.9 Å². The molecule has 3 aromatic rings. The van der Waals surface area contributed by atoms with E-state index in [4.69, 9.17) is 4.74 Å². The van der Waals surface area contributed by atoms with Crippen molar-refractivity contribution in [1.29, 1.82) is 0 Å². The summed E-state index contributed by atoms with van der Waals surface area (Å²) >= 11 is 0. The first-order valence-electron chi connectivity index (χ1n) is 11.5. The van der Waals surface area contributed by atoms with Gasteiger partial charge in [-0.1, -0.05) is 18.2 Å². The third-order valence-corrected chi connectivity index (χ3v) is 6.10. The molecule has 34 heavy (non-hydrogen) atoms. The van der Waals surface area contributed by atoms with Gasteiger partial charge >= 0.3 is 0 Å². The molecular weight excluding hydrogens is 453 g/mol. The molecule has 0 bridgehead atoms. The minimum Gasteiger partial charge on any atom is -0.492 e. The first-order chi connectivity index (χ1) is 16.5. The molecule has 0 aliphatic carbocycles. The Kier molecular flexibility index (Phi) is 8.05. The first-order valence-corrected chi connectivity index (χ1v) is 11.5. The SMILES string of the molecule is FCCCNCCOc1cc(F)c(C2c3[nH]c4ccccc4c3CCN2CC(F)CF)c(F)c1. The summed E-state index contributed by atoms with van der Waals surface area (Å²) in [4.78, 5) is 4.84. The molecule has 2 N–H and O–H groups in total. The van der Waals surface area contributed by atoms with Crippen molar-refractivity contribution in [2.45, 2.75) is 25.1 Å². The largest absolute Gasteiger partial charge is 0.492 e. The monoisotopic (exact) mass is 481 g/mol. The first kappa shape index (κ1) is 24.5. The van der Waals surface area contributed by atoms with Gasteiger partial charge in [-0.15, -0.1) is 0 Å². The van der Waals surface area contributed by atoms with E-state index >= 15 is 8.78 Å². The van der Waals surface area contributed by atoms with Crippen molar-refractivity contribution >= 4 is 10.9 Å². The molecular formula is C25H28F5N3O.